The lowest BCUT2D eigenvalue weighted by Crippen LogP contribution is -2.39. The first kappa shape index (κ1) is 11.9. The summed E-state index contributed by atoms with van der Waals surface area (Å²) in [6.07, 6.45) is 0. The summed E-state index contributed by atoms with van der Waals surface area (Å²) in [5.41, 5.74) is 0. The van der Waals surface area contributed by atoms with Crippen LogP contribution in [0.4, 0.5) is 0 Å². The van der Waals surface area contributed by atoms with E-state index in [0.717, 1.165) is 0 Å². The number of carboxylic acids is 1. The molecule has 0 heterocycles. The van der Waals surface area contributed by atoms with Crippen molar-refractivity contribution in [3.8, 4) is 0 Å². The molecule has 0 aliphatic heterocycles. The summed E-state index contributed by atoms with van der Waals surface area (Å²) in [4.78, 5) is 23.7. The molecule has 0 saturated carbocycles. The van der Waals surface area contributed by atoms with E-state index in [0.29, 0.717) is 6.54 Å². The van der Waals surface area contributed by atoms with Crippen molar-refractivity contribution in [1.82, 2.24) is 4.90 Å². The van der Waals surface area contributed by atoms with Crippen LogP contribution >= 0.6 is 0 Å². The standard InChI is InChI=1S/C9H17NO3/c1-5-10(4)8(11)7(6(2)3)9(12)13/h6-7H,5H2,1-4H3,(H,12,13). The van der Waals surface area contributed by atoms with Gasteiger partial charge in [-0.25, -0.2) is 0 Å². The predicted octanol–water partition coefficient (Wildman–Crippen LogP) is 0.821. The Morgan fingerprint density at radius 1 is 1.38 bits per heavy atom. The van der Waals surface area contributed by atoms with Gasteiger partial charge >= 0.3 is 5.97 Å². The first-order chi connectivity index (χ1) is 5.91. The minimum Gasteiger partial charge on any atom is -0.481 e. The van der Waals surface area contributed by atoms with Gasteiger partial charge in [0.15, 0.2) is 0 Å². The second kappa shape index (κ2) is 4.84. The van der Waals surface area contributed by atoms with Crippen LogP contribution in [0.25, 0.3) is 0 Å². The zero-order valence-corrected chi connectivity index (χ0v) is 8.57. The summed E-state index contributed by atoms with van der Waals surface area (Å²) in [7, 11) is 1.61. The first-order valence-corrected chi connectivity index (χ1v) is 4.39. The van der Waals surface area contributed by atoms with Crippen LogP contribution in [0.5, 0.6) is 0 Å². The van der Waals surface area contributed by atoms with Crippen LogP contribution in [0.15, 0.2) is 0 Å². The number of nitrogens with zero attached hydrogens (tertiary/aromatic N) is 1. The maximum atomic E-state index is 11.5. The zero-order chi connectivity index (χ0) is 10.6. The fourth-order valence-corrected chi connectivity index (χ4v) is 1.07. The molecule has 0 rings (SSSR count). The highest BCUT2D eigenvalue weighted by Crippen LogP contribution is 2.13. The number of amides is 1. The molecule has 0 aliphatic rings. The quantitative estimate of drug-likeness (QED) is 0.663. The number of carbonyl (C=O) groups excluding carboxylic acids is 1. The predicted molar refractivity (Wildman–Crippen MR) is 49.3 cm³/mol. The summed E-state index contributed by atoms with van der Waals surface area (Å²) >= 11 is 0. The van der Waals surface area contributed by atoms with Crippen molar-refractivity contribution in [3.63, 3.8) is 0 Å². The molecular formula is C9H17NO3. The Kier molecular flexibility index (Phi) is 4.45. The van der Waals surface area contributed by atoms with E-state index in [2.05, 4.69) is 0 Å². The van der Waals surface area contributed by atoms with Crippen LogP contribution in [0.3, 0.4) is 0 Å². The van der Waals surface area contributed by atoms with Gasteiger partial charge in [0.25, 0.3) is 0 Å². The number of rotatable bonds is 4. The van der Waals surface area contributed by atoms with Gasteiger partial charge in [0, 0.05) is 13.6 Å². The molecule has 0 bridgehead atoms. The van der Waals surface area contributed by atoms with Crippen molar-refractivity contribution in [2.45, 2.75) is 20.8 Å². The van der Waals surface area contributed by atoms with Gasteiger partial charge in [0.2, 0.25) is 5.91 Å². The Balaban J connectivity index is 4.56. The average Bonchev–Trinajstić information content (AvgIpc) is 2.01. The molecule has 4 nitrogen and oxygen atoms in total. The van der Waals surface area contributed by atoms with Gasteiger partial charge in [0.05, 0.1) is 0 Å². The Bertz CT molecular complexity index is 201. The molecule has 0 radical (unpaired) electrons. The van der Waals surface area contributed by atoms with Gasteiger partial charge < -0.3 is 10.0 Å². The lowest BCUT2D eigenvalue weighted by atomic mass is 9.95. The number of aliphatic carboxylic acids is 1. The summed E-state index contributed by atoms with van der Waals surface area (Å²) in [5.74, 6) is -2.44. The van der Waals surface area contributed by atoms with Crippen molar-refractivity contribution in [2.75, 3.05) is 13.6 Å². The Morgan fingerprint density at radius 3 is 2.08 bits per heavy atom. The summed E-state index contributed by atoms with van der Waals surface area (Å²) in [6.45, 7) is 5.83. The topological polar surface area (TPSA) is 57.6 Å². The highest BCUT2D eigenvalue weighted by atomic mass is 16.4. The second-order valence-corrected chi connectivity index (χ2v) is 3.41. The molecule has 0 aliphatic carbocycles. The van der Waals surface area contributed by atoms with Crippen molar-refractivity contribution in [1.29, 1.82) is 0 Å². The average molecular weight is 187 g/mol. The molecule has 0 saturated heterocycles. The monoisotopic (exact) mass is 187 g/mol. The van der Waals surface area contributed by atoms with Crippen LogP contribution in [0, 0.1) is 11.8 Å². The van der Waals surface area contributed by atoms with E-state index in [-0.39, 0.29) is 11.8 Å². The first-order valence-electron chi connectivity index (χ1n) is 4.39. The maximum Gasteiger partial charge on any atom is 0.316 e. The van der Waals surface area contributed by atoms with Gasteiger partial charge in [-0.15, -0.1) is 0 Å². The largest absolute Gasteiger partial charge is 0.481 e. The van der Waals surface area contributed by atoms with Gasteiger partial charge in [-0.2, -0.15) is 0 Å². The van der Waals surface area contributed by atoms with Gasteiger partial charge in [-0.3, -0.25) is 9.59 Å². The smallest absolute Gasteiger partial charge is 0.316 e. The summed E-state index contributed by atoms with van der Waals surface area (Å²) in [6, 6.07) is 0. The minimum atomic E-state index is -1.04. The van der Waals surface area contributed by atoms with Crippen molar-refractivity contribution in [3.05, 3.63) is 0 Å². The number of hydrogen-bond donors (Lipinski definition) is 1. The van der Waals surface area contributed by atoms with E-state index < -0.39 is 11.9 Å². The molecule has 1 atom stereocenters. The van der Waals surface area contributed by atoms with E-state index in [1.54, 1.807) is 20.9 Å². The van der Waals surface area contributed by atoms with E-state index in [1.807, 2.05) is 6.92 Å². The Labute approximate surface area is 78.5 Å². The fourth-order valence-electron chi connectivity index (χ4n) is 1.07. The molecule has 1 amide bonds. The molecule has 0 spiro atoms. The molecule has 0 fully saturated rings. The number of carbonyl (C=O) groups is 2. The van der Waals surface area contributed by atoms with E-state index in [1.165, 1.54) is 4.90 Å². The Hall–Kier alpha value is -1.06. The third kappa shape index (κ3) is 3.05. The lowest BCUT2D eigenvalue weighted by molar-refractivity contribution is -0.152. The highest BCUT2D eigenvalue weighted by Gasteiger charge is 2.31. The summed E-state index contributed by atoms with van der Waals surface area (Å²) in [5, 5.41) is 8.81. The van der Waals surface area contributed by atoms with Gasteiger partial charge in [-0.1, -0.05) is 13.8 Å². The fraction of sp³-hybridized carbons (Fsp3) is 0.778. The van der Waals surface area contributed by atoms with Crippen molar-refractivity contribution < 1.29 is 14.7 Å². The second-order valence-electron chi connectivity index (χ2n) is 3.41. The lowest BCUT2D eigenvalue weighted by Gasteiger charge is -2.21. The van der Waals surface area contributed by atoms with Crippen molar-refractivity contribution >= 4 is 11.9 Å². The summed E-state index contributed by atoms with van der Waals surface area (Å²) < 4.78 is 0. The van der Waals surface area contributed by atoms with Gasteiger partial charge in [-0.05, 0) is 12.8 Å². The van der Waals surface area contributed by atoms with Crippen LogP contribution in [-0.2, 0) is 9.59 Å². The van der Waals surface area contributed by atoms with Crippen LogP contribution < -0.4 is 0 Å². The molecule has 1 N–H and O–H groups in total. The third-order valence-corrected chi connectivity index (χ3v) is 2.05. The number of hydrogen-bond acceptors (Lipinski definition) is 2. The highest BCUT2D eigenvalue weighted by molar-refractivity contribution is 5.97. The zero-order valence-electron chi connectivity index (χ0n) is 8.57. The minimum absolute atomic E-state index is 0.168. The van der Waals surface area contributed by atoms with E-state index in [9.17, 15) is 9.59 Å². The van der Waals surface area contributed by atoms with Crippen LogP contribution in [-0.4, -0.2) is 35.5 Å². The van der Waals surface area contributed by atoms with Gasteiger partial charge in [0.1, 0.15) is 5.92 Å². The molecule has 0 aromatic heterocycles. The molecule has 1 unspecified atom stereocenters. The molecule has 0 aromatic rings. The van der Waals surface area contributed by atoms with Crippen molar-refractivity contribution in [2.24, 2.45) is 11.8 Å². The van der Waals surface area contributed by atoms with E-state index >= 15 is 0 Å². The SMILES string of the molecule is CCN(C)C(=O)C(C(=O)O)C(C)C. The molecule has 4 heteroatoms. The van der Waals surface area contributed by atoms with Crippen LogP contribution in [0.2, 0.25) is 0 Å². The molecular weight excluding hydrogens is 170 g/mol. The maximum absolute atomic E-state index is 11.5. The molecule has 13 heavy (non-hydrogen) atoms. The molecule has 0 aromatic carbocycles. The normalized spacial score (nSPS) is 12.7. The molecule has 76 valence electrons. The third-order valence-electron chi connectivity index (χ3n) is 2.05. The van der Waals surface area contributed by atoms with E-state index in [4.69, 9.17) is 5.11 Å². The number of carboxylic acid groups (broad SMARTS) is 1. The Morgan fingerprint density at radius 2 is 1.85 bits per heavy atom. The van der Waals surface area contributed by atoms with Crippen LogP contribution in [0.1, 0.15) is 20.8 Å².